The highest BCUT2D eigenvalue weighted by atomic mass is 32.2. The molecule has 0 bridgehead atoms. The molecule has 0 aromatic carbocycles. The van der Waals surface area contributed by atoms with E-state index in [4.69, 9.17) is 0 Å². The van der Waals surface area contributed by atoms with Crippen molar-refractivity contribution >= 4 is 15.8 Å². The molecule has 0 aliphatic carbocycles. The zero-order chi connectivity index (χ0) is 14.8. The maximum atomic E-state index is 12.7. The van der Waals surface area contributed by atoms with E-state index in [1.165, 1.54) is 6.20 Å². The Bertz CT molecular complexity index is 561. The number of rotatable bonds is 4. The lowest BCUT2D eigenvalue weighted by Crippen LogP contribution is -2.52. The van der Waals surface area contributed by atoms with E-state index in [0.29, 0.717) is 23.8 Å². The number of aromatic nitrogens is 1. The maximum absolute atomic E-state index is 12.7. The molecule has 1 aliphatic rings. The van der Waals surface area contributed by atoms with Crippen LogP contribution in [0.5, 0.6) is 0 Å². The zero-order valence-corrected chi connectivity index (χ0v) is 13.0. The van der Waals surface area contributed by atoms with E-state index in [2.05, 4.69) is 22.1 Å². The van der Waals surface area contributed by atoms with Gasteiger partial charge in [-0.15, -0.1) is 0 Å². The summed E-state index contributed by atoms with van der Waals surface area (Å²) in [6.45, 7) is 3.93. The average Bonchev–Trinajstić information content (AvgIpc) is 2.47. The predicted molar refractivity (Wildman–Crippen MR) is 79.3 cm³/mol. The van der Waals surface area contributed by atoms with Gasteiger partial charge in [-0.3, -0.25) is 0 Å². The third-order valence-electron chi connectivity index (χ3n) is 3.84. The fraction of sp³-hybridized carbons (Fsp3) is 0.615. The number of anilines is 1. The quantitative estimate of drug-likeness (QED) is 0.892. The van der Waals surface area contributed by atoms with Gasteiger partial charge in [0.05, 0.1) is 4.90 Å². The highest BCUT2D eigenvalue weighted by molar-refractivity contribution is 7.89. The summed E-state index contributed by atoms with van der Waals surface area (Å²) in [4.78, 5) is 6.58. The second-order valence-electron chi connectivity index (χ2n) is 5.03. The number of pyridine rings is 1. The highest BCUT2D eigenvalue weighted by Gasteiger charge is 2.32. The van der Waals surface area contributed by atoms with Gasteiger partial charge in [0.15, 0.2) is 0 Å². The summed E-state index contributed by atoms with van der Waals surface area (Å²) in [5, 5.41) is 2.87. The van der Waals surface area contributed by atoms with Gasteiger partial charge in [0.25, 0.3) is 0 Å². The molecule has 2 rings (SSSR count). The molecule has 2 heterocycles. The molecule has 20 heavy (non-hydrogen) atoms. The molecule has 1 unspecified atom stereocenters. The summed E-state index contributed by atoms with van der Waals surface area (Å²) in [5.74, 6) is 0.562. The molecule has 7 heteroatoms. The number of likely N-dealkylation sites (N-methyl/N-ethyl adjacent to an activating group) is 1. The van der Waals surface area contributed by atoms with E-state index >= 15 is 0 Å². The third kappa shape index (κ3) is 2.94. The van der Waals surface area contributed by atoms with E-state index in [-0.39, 0.29) is 6.04 Å². The van der Waals surface area contributed by atoms with Crippen LogP contribution >= 0.6 is 0 Å². The molecule has 1 N–H and O–H groups in total. The summed E-state index contributed by atoms with van der Waals surface area (Å²) >= 11 is 0. The summed E-state index contributed by atoms with van der Waals surface area (Å²) in [7, 11) is 0.335. The van der Waals surface area contributed by atoms with Crippen LogP contribution in [-0.2, 0) is 10.0 Å². The van der Waals surface area contributed by atoms with Crippen molar-refractivity contribution in [2.75, 3.05) is 39.0 Å². The molecule has 112 valence electrons. The highest BCUT2D eigenvalue weighted by Crippen LogP contribution is 2.21. The standard InChI is InChI=1S/C13H22N4O2S/c1-4-11-10-17(8-7-16(11)3)20(18,19)12-5-6-15-13(9-12)14-2/h5-6,9,11H,4,7-8,10H2,1-3H3,(H,14,15). The summed E-state index contributed by atoms with van der Waals surface area (Å²) in [6, 6.07) is 3.41. The van der Waals surface area contributed by atoms with Crippen LogP contribution in [0.1, 0.15) is 13.3 Å². The van der Waals surface area contributed by atoms with Gasteiger partial charge in [0.1, 0.15) is 5.82 Å². The average molecular weight is 298 g/mol. The predicted octanol–water partition coefficient (Wildman–Crippen LogP) is 0.838. The number of hydrogen-bond donors (Lipinski definition) is 1. The van der Waals surface area contributed by atoms with Gasteiger partial charge < -0.3 is 10.2 Å². The first-order valence-corrected chi connectivity index (χ1v) is 8.27. The van der Waals surface area contributed by atoms with Crippen molar-refractivity contribution in [1.29, 1.82) is 0 Å². The molecule has 1 atom stereocenters. The van der Waals surface area contributed by atoms with Gasteiger partial charge in [0, 0.05) is 45.0 Å². The smallest absolute Gasteiger partial charge is 0.243 e. The second kappa shape index (κ2) is 6.07. The maximum Gasteiger partial charge on any atom is 0.243 e. The van der Waals surface area contributed by atoms with Gasteiger partial charge in [-0.05, 0) is 19.5 Å². The number of nitrogens with zero attached hydrogens (tertiary/aromatic N) is 3. The Morgan fingerprint density at radius 1 is 1.45 bits per heavy atom. The fourth-order valence-corrected chi connectivity index (χ4v) is 3.92. The molecular formula is C13H22N4O2S. The van der Waals surface area contributed by atoms with Crippen LogP contribution in [0.3, 0.4) is 0 Å². The van der Waals surface area contributed by atoms with Crippen LogP contribution in [0.25, 0.3) is 0 Å². The van der Waals surface area contributed by atoms with Crippen molar-refractivity contribution in [3.05, 3.63) is 18.3 Å². The van der Waals surface area contributed by atoms with Gasteiger partial charge in [-0.25, -0.2) is 13.4 Å². The Morgan fingerprint density at radius 3 is 2.85 bits per heavy atom. The molecule has 1 aromatic heterocycles. The first kappa shape index (κ1) is 15.2. The zero-order valence-electron chi connectivity index (χ0n) is 12.2. The molecule has 1 saturated heterocycles. The minimum Gasteiger partial charge on any atom is -0.373 e. The van der Waals surface area contributed by atoms with E-state index in [9.17, 15) is 8.42 Å². The van der Waals surface area contributed by atoms with E-state index in [1.807, 2.05) is 7.05 Å². The van der Waals surface area contributed by atoms with Crippen LogP contribution in [0.15, 0.2) is 23.2 Å². The molecular weight excluding hydrogens is 276 g/mol. The Morgan fingerprint density at radius 2 is 2.20 bits per heavy atom. The first-order chi connectivity index (χ1) is 9.48. The summed E-state index contributed by atoms with van der Waals surface area (Å²) in [5.41, 5.74) is 0. The van der Waals surface area contributed by atoms with Gasteiger partial charge in [0.2, 0.25) is 10.0 Å². The van der Waals surface area contributed by atoms with Gasteiger partial charge >= 0.3 is 0 Å². The lowest BCUT2D eigenvalue weighted by molar-refractivity contribution is 0.144. The molecule has 0 saturated carbocycles. The van der Waals surface area contributed by atoms with E-state index in [0.717, 1.165) is 13.0 Å². The van der Waals surface area contributed by atoms with Crippen molar-refractivity contribution < 1.29 is 8.42 Å². The first-order valence-electron chi connectivity index (χ1n) is 6.83. The number of piperazine rings is 1. The van der Waals surface area contributed by atoms with Gasteiger partial charge in [-0.1, -0.05) is 6.92 Å². The second-order valence-corrected chi connectivity index (χ2v) is 6.97. The molecule has 1 aliphatic heterocycles. The fourth-order valence-electron chi connectivity index (χ4n) is 2.43. The third-order valence-corrected chi connectivity index (χ3v) is 5.70. The molecule has 1 fully saturated rings. The van der Waals surface area contributed by atoms with Crippen molar-refractivity contribution in [3.8, 4) is 0 Å². The number of nitrogens with one attached hydrogen (secondary N) is 1. The monoisotopic (exact) mass is 298 g/mol. The number of hydrogen-bond acceptors (Lipinski definition) is 5. The van der Waals surface area contributed by atoms with Crippen LogP contribution in [0.4, 0.5) is 5.82 Å². The van der Waals surface area contributed by atoms with Crippen LogP contribution in [-0.4, -0.2) is 62.4 Å². The van der Waals surface area contributed by atoms with E-state index < -0.39 is 10.0 Å². The largest absolute Gasteiger partial charge is 0.373 e. The van der Waals surface area contributed by atoms with Gasteiger partial charge in [-0.2, -0.15) is 4.31 Å². The van der Waals surface area contributed by atoms with Crippen LogP contribution in [0.2, 0.25) is 0 Å². The lowest BCUT2D eigenvalue weighted by Gasteiger charge is -2.38. The molecule has 1 aromatic rings. The summed E-state index contributed by atoms with van der Waals surface area (Å²) < 4.78 is 26.9. The normalized spacial score (nSPS) is 21.9. The van der Waals surface area contributed by atoms with Crippen molar-refractivity contribution in [3.63, 3.8) is 0 Å². The Kier molecular flexibility index (Phi) is 4.62. The van der Waals surface area contributed by atoms with Crippen molar-refractivity contribution in [1.82, 2.24) is 14.2 Å². The topological polar surface area (TPSA) is 65.5 Å². The van der Waals surface area contributed by atoms with E-state index in [1.54, 1.807) is 23.5 Å². The SMILES string of the molecule is CCC1CN(S(=O)(=O)c2ccnc(NC)c2)CCN1C. The van der Waals surface area contributed by atoms with Crippen molar-refractivity contribution in [2.24, 2.45) is 0 Å². The summed E-state index contributed by atoms with van der Waals surface area (Å²) in [6.07, 6.45) is 2.47. The number of sulfonamides is 1. The minimum absolute atomic E-state index is 0.282. The Labute approximate surface area is 120 Å². The molecule has 0 radical (unpaired) electrons. The van der Waals surface area contributed by atoms with Crippen molar-refractivity contribution in [2.45, 2.75) is 24.3 Å². The molecule has 6 nitrogen and oxygen atoms in total. The molecule has 0 spiro atoms. The van der Waals surface area contributed by atoms with Crippen LogP contribution < -0.4 is 5.32 Å². The lowest BCUT2D eigenvalue weighted by atomic mass is 10.1. The Hall–Kier alpha value is -1.18. The van der Waals surface area contributed by atoms with Crippen LogP contribution in [0, 0.1) is 0 Å². The molecule has 0 amide bonds. The Balaban J connectivity index is 2.25. The minimum atomic E-state index is -3.43.